The lowest BCUT2D eigenvalue weighted by atomic mass is 10.1. The highest BCUT2D eigenvalue weighted by Crippen LogP contribution is 2.23. The van der Waals surface area contributed by atoms with Crippen LogP contribution in [0, 0.1) is 6.92 Å². The summed E-state index contributed by atoms with van der Waals surface area (Å²) in [4.78, 5) is 12.0. The molecule has 0 aromatic heterocycles. The number of aryl methyl sites for hydroxylation is 1. The summed E-state index contributed by atoms with van der Waals surface area (Å²) in [5, 5.41) is 20.6. The number of carbonyl (C=O) groups excluding carboxylic acids is 1. The van der Waals surface area contributed by atoms with Gasteiger partial charge in [0.2, 0.25) is 5.91 Å². The van der Waals surface area contributed by atoms with E-state index in [0.29, 0.717) is 17.2 Å². The molecule has 2 aromatic carbocycles. The van der Waals surface area contributed by atoms with Gasteiger partial charge in [0, 0.05) is 5.56 Å². The van der Waals surface area contributed by atoms with Crippen molar-refractivity contribution in [2.24, 2.45) is 10.2 Å². The summed E-state index contributed by atoms with van der Waals surface area (Å²) in [6.07, 6.45) is 2.11. The number of para-hydroxylation sites is 1. The van der Waals surface area contributed by atoms with Crippen LogP contribution in [0.5, 0.6) is 5.75 Å². The SMILES string of the molecule is Cc1ccc(C[C@@H]2S/C(=N\N=C/c3ccccc3O)NC2=O)cc1. The minimum absolute atomic E-state index is 0.0583. The van der Waals surface area contributed by atoms with Crippen LogP contribution in [0.1, 0.15) is 16.7 Å². The number of nitrogens with one attached hydrogen (secondary N) is 1. The Hall–Kier alpha value is -2.60. The van der Waals surface area contributed by atoms with E-state index >= 15 is 0 Å². The van der Waals surface area contributed by atoms with Gasteiger partial charge in [0.15, 0.2) is 5.17 Å². The first-order valence-electron chi connectivity index (χ1n) is 7.54. The van der Waals surface area contributed by atoms with E-state index in [1.165, 1.54) is 23.5 Å². The number of hydrogen-bond acceptors (Lipinski definition) is 5. The summed E-state index contributed by atoms with van der Waals surface area (Å²) in [7, 11) is 0. The first kappa shape index (κ1) is 16.3. The maximum atomic E-state index is 12.0. The van der Waals surface area contributed by atoms with Crippen molar-refractivity contribution in [2.45, 2.75) is 18.6 Å². The number of hydrogen-bond donors (Lipinski definition) is 2. The van der Waals surface area contributed by atoms with Crippen LogP contribution in [0.2, 0.25) is 0 Å². The van der Waals surface area contributed by atoms with Crippen molar-refractivity contribution < 1.29 is 9.90 Å². The van der Waals surface area contributed by atoms with E-state index in [0.717, 1.165) is 5.56 Å². The van der Waals surface area contributed by atoms with Gasteiger partial charge in [0.05, 0.1) is 11.5 Å². The van der Waals surface area contributed by atoms with E-state index in [2.05, 4.69) is 15.5 Å². The Labute approximate surface area is 144 Å². The lowest BCUT2D eigenvalue weighted by Crippen LogP contribution is -2.25. The Bertz CT molecular complexity index is 800. The maximum absolute atomic E-state index is 12.0. The van der Waals surface area contributed by atoms with Crippen LogP contribution in [0.15, 0.2) is 58.7 Å². The molecule has 1 saturated heterocycles. The summed E-state index contributed by atoms with van der Waals surface area (Å²) in [5.41, 5.74) is 2.89. The van der Waals surface area contributed by atoms with Gasteiger partial charge in [-0.1, -0.05) is 53.7 Å². The van der Waals surface area contributed by atoms with Crippen molar-refractivity contribution >= 4 is 29.1 Å². The second kappa shape index (κ2) is 7.31. The minimum atomic E-state index is -0.202. The molecule has 0 bridgehead atoms. The van der Waals surface area contributed by atoms with Gasteiger partial charge in [-0.3, -0.25) is 4.79 Å². The monoisotopic (exact) mass is 339 g/mol. The predicted octanol–water partition coefficient (Wildman–Crippen LogP) is 2.86. The Morgan fingerprint density at radius 2 is 1.96 bits per heavy atom. The third-order valence-corrected chi connectivity index (χ3v) is 4.67. The van der Waals surface area contributed by atoms with Gasteiger partial charge in [-0.05, 0) is 31.0 Å². The summed E-state index contributed by atoms with van der Waals surface area (Å²) < 4.78 is 0. The predicted molar refractivity (Wildman–Crippen MR) is 97.5 cm³/mol. The molecule has 24 heavy (non-hydrogen) atoms. The zero-order chi connectivity index (χ0) is 16.9. The summed E-state index contributed by atoms with van der Waals surface area (Å²) >= 11 is 1.37. The highest BCUT2D eigenvalue weighted by molar-refractivity contribution is 8.15. The van der Waals surface area contributed by atoms with Crippen LogP contribution >= 0.6 is 11.8 Å². The molecule has 0 spiro atoms. The number of nitrogens with zero attached hydrogens (tertiary/aromatic N) is 2. The molecule has 1 amide bonds. The fourth-order valence-electron chi connectivity index (χ4n) is 2.26. The number of carbonyl (C=O) groups is 1. The van der Waals surface area contributed by atoms with E-state index in [1.807, 2.05) is 31.2 Å². The molecule has 2 N–H and O–H groups in total. The van der Waals surface area contributed by atoms with Gasteiger partial charge in [-0.25, -0.2) is 0 Å². The van der Waals surface area contributed by atoms with Crippen LogP contribution in [-0.4, -0.2) is 27.6 Å². The van der Waals surface area contributed by atoms with Crippen LogP contribution in [0.25, 0.3) is 0 Å². The number of benzene rings is 2. The second-order valence-electron chi connectivity index (χ2n) is 5.49. The molecular weight excluding hydrogens is 322 g/mol. The molecule has 3 rings (SSSR count). The fourth-order valence-corrected chi connectivity index (χ4v) is 3.23. The smallest absolute Gasteiger partial charge is 0.239 e. The van der Waals surface area contributed by atoms with Crippen LogP contribution in [-0.2, 0) is 11.2 Å². The van der Waals surface area contributed by atoms with E-state index in [-0.39, 0.29) is 16.9 Å². The van der Waals surface area contributed by atoms with Crippen molar-refractivity contribution in [2.75, 3.05) is 0 Å². The third kappa shape index (κ3) is 4.02. The van der Waals surface area contributed by atoms with Crippen LogP contribution < -0.4 is 5.32 Å². The van der Waals surface area contributed by atoms with Crippen molar-refractivity contribution in [3.05, 3.63) is 65.2 Å². The first-order chi connectivity index (χ1) is 11.6. The number of thioether (sulfide) groups is 1. The zero-order valence-electron chi connectivity index (χ0n) is 13.1. The van der Waals surface area contributed by atoms with Crippen LogP contribution in [0.3, 0.4) is 0 Å². The maximum Gasteiger partial charge on any atom is 0.239 e. The van der Waals surface area contributed by atoms with Gasteiger partial charge < -0.3 is 10.4 Å². The van der Waals surface area contributed by atoms with E-state index in [9.17, 15) is 9.90 Å². The summed E-state index contributed by atoms with van der Waals surface area (Å²) in [6.45, 7) is 2.04. The molecule has 1 aliphatic rings. The first-order valence-corrected chi connectivity index (χ1v) is 8.42. The highest BCUT2D eigenvalue weighted by atomic mass is 32.2. The average molecular weight is 339 g/mol. The minimum Gasteiger partial charge on any atom is -0.507 e. The Balaban J connectivity index is 1.63. The molecule has 1 atom stereocenters. The zero-order valence-corrected chi connectivity index (χ0v) is 14.0. The lowest BCUT2D eigenvalue weighted by molar-refractivity contribution is -0.118. The molecule has 1 fully saturated rings. The lowest BCUT2D eigenvalue weighted by Gasteiger charge is -2.05. The molecule has 0 unspecified atom stereocenters. The summed E-state index contributed by atoms with van der Waals surface area (Å²) in [5.74, 6) is 0.0823. The largest absolute Gasteiger partial charge is 0.507 e. The molecule has 0 radical (unpaired) electrons. The van der Waals surface area contributed by atoms with Crippen molar-refractivity contribution in [3.8, 4) is 5.75 Å². The van der Waals surface area contributed by atoms with E-state index in [1.54, 1.807) is 24.3 Å². The molecule has 2 aromatic rings. The molecule has 1 aliphatic heterocycles. The topological polar surface area (TPSA) is 74.1 Å². The normalized spacial score (nSPS) is 19.1. The molecule has 0 aliphatic carbocycles. The van der Waals surface area contributed by atoms with Gasteiger partial charge in [0.1, 0.15) is 5.75 Å². The molecule has 1 heterocycles. The van der Waals surface area contributed by atoms with Crippen LogP contribution in [0.4, 0.5) is 0 Å². The molecule has 6 heteroatoms. The number of phenolic OH excluding ortho intramolecular Hbond substituents is 1. The van der Waals surface area contributed by atoms with Gasteiger partial charge in [0.25, 0.3) is 0 Å². The Morgan fingerprint density at radius 3 is 2.71 bits per heavy atom. The number of amides is 1. The fraction of sp³-hybridized carbons (Fsp3) is 0.167. The molecular formula is C18H17N3O2S. The number of aromatic hydroxyl groups is 1. The Morgan fingerprint density at radius 1 is 1.21 bits per heavy atom. The molecule has 5 nitrogen and oxygen atoms in total. The van der Waals surface area contributed by atoms with Crippen molar-refractivity contribution in [3.63, 3.8) is 0 Å². The number of rotatable bonds is 4. The van der Waals surface area contributed by atoms with E-state index < -0.39 is 0 Å². The van der Waals surface area contributed by atoms with Gasteiger partial charge in [-0.15, -0.1) is 5.10 Å². The number of phenols is 1. The average Bonchev–Trinajstić information content (AvgIpc) is 2.91. The highest BCUT2D eigenvalue weighted by Gasteiger charge is 2.30. The van der Waals surface area contributed by atoms with Gasteiger partial charge in [-0.2, -0.15) is 5.10 Å². The summed E-state index contributed by atoms with van der Waals surface area (Å²) in [6, 6.07) is 15.0. The third-order valence-electron chi connectivity index (χ3n) is 3.60. The Kier molecular flexibility index (Phi) is 4.96. The molecule has 122 valence electrons. The standard InChI is InChI=1S/C18H17N3O2S/c1-12-6-8-13(9-7-12)10-16-17(23)20-18(24-16)21-19-11-14-4-2-3-5-15(14)22/h2-9,11,16,22H,10H2,1H3,(H,20,21,23)/b19-11-/t16-/m0/s1. The van der Waals surface area contributed by atoms with Crippen molar-refractivity contribution in [1.29, 1.82) is 0 Å². The van der Waals surface area contributed by atoms with Gasteiger partial charge >= 0.3 is 0 Å². The van der Waals surface area contributed by atoms with E-state index in [4.69, 9.17) is 0 Å². The second-order valence-corrected chi connectivity index (χ2v) is 6.69. The molecule has 0 saturated carbocycles. The quantitative estimate of drug-likeness (QED) is 0.664. The number of amidine groups is 1. The van der Waals surface area contributed by atoms with Crippen molar-refractivity contribution in [1.82, 2.24) is 5.32 Å².